The van der Waals surface area contributed by atoms with Crippen LogP contribution < -0.4 is 0 Å². The molecule has 7 heteroatoms. The molecule has 0 radical (unpaired) electrons. The molecule has 3 aliphatic rings. The molecule has 1 spiro atoms. The highest BCUT2D eigenvalue weighted by molar-refractivity contribution is 6.02. The molecule has 1 saturated heterocycles. The number of H-pyrrole nitrogens is 1. The zero-order valence-electron chi connectivity index (χ0n) is 18.4. The smallest absolute Gasteiger partial charge is 0.253 e. The minimum Gasteiger partial charge on any atom is -0.381 e. The van der Waals surface area contributed by atoms with Crippen LogP contribution in [-0.2, 0) is 4.74 Å². The average molecular weight is 420 g/mol. The van der Waals surface area contributed by atoms with Crippen molar-refractivity contribution in [2.24, 2.45) is 4.99 Å². The number of nitrogens with zero attached hydrogens (tertiary/aromatic N) is 4. The van der Waals surface area contributed by atoms with Crippen LogP contribution in [-0.4, -0.2) is 70.5 Å². The van der Waals surface area contributed by atoms with E-state index in [4.69, 9.17) is 9.73 Å². The van der Waals surface area contributed by atoms with Crippen LogP contribution in [0.3, 0.4) is 0 Å². The van der Waals surface area contributed by atoms with Gasteiger partial charge in [0.2, 0.25) is 0 Å². The first-order valence-corrected chi connectivity index (χ1v) is 11.0. The molecule has 0 bridgehead atoms. The first-order valence-electron chi connectivity index (χ1n) is 11.0. The molecule has 1 unspecified atom stereocenters. The van der Waals surface area contributed by atoms with E-state index in [1.54, 1.807) is 13.3 Å². The van der Waals surface area contributed by atoms with Gasteiger partial charge >= 0.3 is 0 Å². The third-order valence-electron chi connectivity index (χ3n) is 7.01. The fourth-order valence-electron chi connectivity index (χ4n) is 5.30. The summed E-state index contributed by atoms with van der Waals surface area (Å²) in [5.74, 6) is 0.0782. The second-order valence-corrected chi connectivity index (χ2v) is 8.67. The second kappa shape index (κ2) is 7.64. The first-order chi connectivity index (χ1) is 15.0. The lowest BCUT2D eigenvalue weighted by Crippen LogP contribution is -2.52. The van der Waals surface area contributed by atoms with Crippen molar-refractivity contribution in [3.8, 4) is 0 Å². The van der Waals surface area contributed by atoms with E-state index in [-0.39, 0.29) is 17.6 Å². The van der Waals surface area contributed by atoms with Gasteiger partial charge in [0, 0.05) is 50.3 Å². The first kappa shape index (κ1) is 20.0. The summed E-state index contributed by atoms with van der Waals surface area (Å²) < 4.78 is 5.61. The number of nitrogens with one attached hydrogen (secondary N) is 1. The minimum absolute atomic E-state index is 0.0782. The summed E-state index contributed by atoms with van der Waals surface area (Å²) in [4.78, 5) is 22.7. The van der Waals surface area contributed by atoms with E-state index in [2.05, 4.69) is 41.2 Å². The maximum atomic E-state index is 13.2. The van der Waals surface area contributed by atoms with Crippen molar-refractivity contribution in [3.63, 3.8) is 0 Å². The highest BCUT2D eigenvalue weighted by Crippen LogP contribution is 2.42. The number of hydrogen-bond acceptors (Lipinski definition) is 5. The van der Waals surface area contributed by atoms with Crippen molar-refractivity contribution in [2.45, 2.75) is 44.2 Å². The standard InChI is InChI=1S/C24H29N5O2/c1-4-22-24(26-20-14-18(31-3)6-8-21(20)28(22)2)9-11-29(12-10-24)23(30)16-5-7-19-17(13-16)15-25-27-19/h4-5,7-8,13,15,18H,6,9-12,14H2,1-3H3,(H,25,27). The third kappa shape index (κ3) is 3.28. The highest BCUT2D eigenvalue weighted by atomic mass is 16.5. The molecule has 1 fully saturated rings. The summed E-state index contributed by atoms with van der Waals surface area (Å²) in [5, 5.41) is 7.95. The SMILES string of the molecule is CC=C1N(C)C2=CCC(OC)CC2=NC12CCN(C(=O)c1ccc3[nH]ncc3c1)CC2. The summed E-state index contributed by atoms with van der Waals surface area (Å²) in [7, 11) is 3.91. The van der Waals surface area contributed by atoms with E-state index in [1.165, 1.54) is 11.4 Å². The van der Waals surface area contributed by atoms with Crippen LogP contribution in [0.5, 0.6) is 0 Å². The van der Waals surface area contributed by atoms with Crippen molar-refractivity contribution in [1.29, 1.82) is 0 Å². The molecule has 162 valence electrons. The normalized spacial score (nSPS) is 24.4. The predicted octanol–water partition coefficient (Wildman–Crippen LogP) is 3.52. The fourth-order valence-corrected chi connectivity index (χ4v) is 5.30. The molecular weight excluding hydrogens is 390 g/mol. The largest absolute Gasteiger partial charge is 0.381 e. The van der Waals surface area contributed by atoms with Crippen molar-refractivity contribution in [3.05, 3.63) is 53.5 Å². The lowest BCUT2D eigenvalue weighted by Gasteiger charge is -2.48. The third-order valence-corrected chi connectivity index (χ3v) is 7.01. The van der Waals surface area contributed by atoms with Crippen LogP contribution in [0, 0.1) is 0 Å². The molecule has 1 amide bonds. The van der Waals surface area contributed by atoms with Crippen molar-refractivity contribution < 1.29 is 9.53 Å². The molecule has 1 aliphatic carbocycles. The molecule has 1 aromatic heterocycles. The quantitative estimate of drug-likeness (QED) is 0.808. The number of ether oxygens (including phenoxy) is 1. The minimum atomic E-state index is -0.267. The zero-order chi connectivity index (χ0) is 21.6. The molecule has 2 aliphatic heterocycles. The Morgan fingerprint density at radius 3 is 2.87 bits per heavy atom. The zero-order valence-corrected chi connectivity index (χ0v) is 18.4. The van der Waals surface area contributed by atoms with Gasteiger partial charge in [0.1, 0.15) is 5.54 Å². The molecule has 1 atom stereocenters. The van der Waals surface area contributed by atoms with Gasteiger partial charge in [-0.25, -0.2) is 0 Å². The number of likely N-dealkylation sites (N-methyl/N-ethyl adjacent to an activating group) is 1. The predicted molar refractivity (Wildman–Crippen MR) is 121 cm³/mol. The van der Waals surface area contributed by atoms with Gasteiger partial charge < -0.3 is 14.5 Å². The average Bonchev–Trinajstić information content (AvgIpc) is 3.27. The van der Waals surface area contributed by atoms with Crippen LogP contribution in [0.25, 0.3) is 10.9 Å². The Labute approximate surface area is 182 Å². The number of piperidine rings is 1. The number of fused-ring (bicyclic) bond motifs is 2. The monoisotopic (exact) mass is 419 g/mol. The second-order valence-electron chi connectivity index (χ2n) is 8.67. The number of aromatic nitrogens is 2. The van der Waals surface area contributed by atoms with Crippen molar-refractivity contribution in [2.75, 3.05) is 27.2 Å². The van der Waals surface area contributed by atoms with Crippen LogP contribution in [0.4, 0.5) is 0 Å². The molecule has 1 aromatic carbocycles. The van der Waals surface area contributed by atoms with Gasteiger partial charge in [-0.1, -0.05) is 12.2 Å². The molecule has 7 nitrogen and oxygen atoms in total. The highest BCUT2D eigenvalue weighted by Gasteiger charge is 2.45. The Balaban J connectivity index is 1.39. The lowest BCUT2D eigenvalue weighted by molar-refractivity contribution is 0.0675. The van der Waals surface area contributed by atoms with E-state index in [9.17, 15) is 4.79 Å². The number of hydrogen-bond donors (Lipinski definition) is 1. The molecule has 5 rings (SSSR count). The number of allylic oxidation sites excluding steroid dienone is 2. The van der Waals surface area contributed by atoms with Gasteiger partial charge in [0.15, 0.2) is 0 Å². The van der Waals surface area contributed by atoms with Gasteiger partial charge in [-0.3, -0.25) is 14.9 Å². The van der Waals surface area contributed by atoms with Gasteiger partial charge in [-0.05, 0) is 44.4 Å². The van der Waals surface area contributed by atoms with Crippen LogP contribution >= 0.6 is 0 Å². The number of likely N-dealkylation sites (tertiary alicyclic amines) is 1. The maximum absolute atomic E-state index is 13.2. The molecule has 1 N–H and O–H groups in total. The molecule has 0 saturated carbocycles. The number of benzene rings is 1. The summed E-state index contributed by atoms with van der Waals surface area (Å²) in [6, 6.07) is 5.72. The van der Waals surface area contributed by atoms with E-state index in [0.29, 0.717) is 18.7 Å². The molecule has 3 heterocycles. The number of carbonyl (C=O) groups is 1. The van der Waals surface area contributed by atoms with Crippen molar-refractivity contribution in [1.82, 2.24) is 20.0 Å². The number of aromatic amines is 1. The summed E-state index contributed by atoms with van der Waals surface area (Å²) >= 11 is 0. The van der Waals surface area contributed by atoms with Gasteiger partial charge in [0.25, 0.3) is 5.91 Å². The van der Waals surface area contributed by atoms with Gasteiger partial charge in [-0.15, -0.1) is 0 Å². The van der Waals surface area contributed by atoms with Crippen molar-refractivity contribution >= 4 is 22.5 Å². The fraction of sp³-hybridized carbons (Fsp3) is 0.458. The molecular formula is C24H29N5O2. The van der Waals surface area contributed by atoms with Crippen LogP contribution in [0.2, 0.25) is 0 Å². The number of methoxy groups -OCH3 is 1. The molecule has 2 aromatic rings. The van der Waals surface area contributed by atoms with E-state index < -0.39 is 0 Å². The van der Waals surface area contributed by atoms with E-state index >= 15 is 0 Å². The number of amides is 1. The summed E-state index contributed by atoms with van der Waals surface area (Å²) in [5.41, 5.74) is 4.97. The van der Waals surface area contributed by atoms with E-state index in [1.807, 2.05) is 23.1 Å². The number of carbonyl (C=O) groups excluding carboxylic acids is 1. The van der Waals surface area contributed by atoms with Gasteiger partial charge in [-0.2, -0.15) is 5.10 Å². The summed E-state index contributed by atoms with van der Waals surface area (Å²) in [6.07, 6.45) is 9.80. The number of aliphatic imine (C=N–C) groups is 1. The summed E-state index contributed by atoms with van der Waals surface area (Å²) in [6.45, 7) is 3.47. The Morgan fingerprint density at radius 1 is 1.32 bits per heavy atom. The number of rotatable bonds is 2. The van der Waals surface area contributed by atoms with Crippen LogP contribution in [0.1, 0.15) is 43.0 Å². The Morgan fingerprint density at radius 2 is 2.13 bits per heavy atom. The van der Waals surface area contributed by atoms with Crippen LogP contribution in [0.15, 0.2) is 52.9 Å². The van der Waals surface area contributed by atoms with E-state index in [0.717, 1.165) is 42.3 Å². The Bertz CT molecular complexity index is 1100. The Hall–Kier alpha value is -2.93. The molecule has 31 heavy (non-hydrogen) atoms. The lowest BCUT2D eigenvalue weighted by atomic mass is 9.80. The maximum Gasteiger partial charge on any atom is 0.253 e. The topological polar surface area (TPSA) is 73.8 Å². The Kier molecular flexibility index (Phi) is 4.93. The van der Waals surface area contributed by atoms with Gasteiger partial charge in [0.05, 0.1) is 29.2 Å².